The Morgan fingerprint density at radius 3 is 3.00 bits per heavy atom. The molecule has 0 radical (unpaired) electrons. The molecule has 1 aliphatic rings. The standard InChI is InChI=1S/C4H9N3/c1-2-4-5-3-6-7-4/h6H,2-3H2,1H3,(H,5,7). The van der Waals surface area contributed by atoms with Gasteiger partial charge in [-0.15, -0.1) is 0 Å². The predicted octanol–water partition coefficient (Wildman–Crippen LogP) is -0.140. The fraction of sp³-hybridized carbons (Fsp3) is 0.750. The third-order valence-corrected chi connectivity index (χ3v) is 0.917. The average Bonchev–Trinajstić information content (AvgIpc) is 2.14. The van der Waals surface area contributed by atoms with Crippen molar-refractivity contribution in [1.29, 1.82) is 0 Å². The van der Waals surface area contributed by atoms with E-state index in [0.717, 1.165) is 18.9 Å². The molecule has 0 atom stereocenters. The van der Waals surface area contributed by atoms with E-state index in [1.54, 1.807) is 0 Å². The zero-order valence-electron chi connectivity index (χ0n) is 4.36. The number of amidine groups is 1. The highest BCUT2D eigenvalue weighted by atomic mass is 15.5. The Balaban J connectivity index is 2.36. The molecule has 1 heterocycles. The van der Waals surface area contributed by atoms with E-state index in [2.05, 4.69) is 22.8 Å². The second-order valence-electron chi connectivity index (χ2n) is 1.42. The number of nitrogens with one attached hydrogen (secondary N) is 2. The van der Waals surface area contributed by atoms with Crippen LogP contribution < -0.4 is 10.9 Å². The van der Waals surface area contributed by atoms with E-state index in [4.69, 9.17) is 0 Å². The highest BCUT2D eigenvalue weighted by molar-refractivity contribution is 5.82. The summed E-state index contributed by atoms with van der Waals surface area (Å²) in [7, 11) is 0. The SMILES string of the molecule is CCC1=NCNN1. The van der Waals surface area contributed by atoms with Crippen molar-refractivity contribution in [3.05, 3.63) is 0 Å². The lowest BCUT2D eigenvalue weighted by Crippen LogP contribution is -2.28. The lowest BCUT2D eigenvalue weighted by atomic mass is 10.5. The van der Waals surface area contributed by atoms with E-state index in [-0.39, 0.29) is 0 Å². The third kappa shape index (κ3) is 0.899. The molecule has 0 saturated carbocycles. The molecule has 7 heavy (non-hydrogen) atoms. The number of nitrogens with zero attached hydrogens (tertiary/aromatic N) is 1. The molecule has 0 aromatic heterocycles. The summed E-state index contributed by atoms with van der Waals surface area (Å²) in [4.78, 5) is 4.05. The number of rotatable bonds is 1. The molecule has 0 bridgehead atoms. The van der Waals surface area contributed by atoms with Crippen LogP contribution in [-0.2, 0) is 0 Å². The van der Waals surface area contributed by atoms with E-state index in [1.165, 1.54) is 0 Å². The van der Waals surface area contributed by atoms with E-state index in [1.807, 2.05) is 0 Å². The van der Waals surface area contributed by atoms with Gasteiger partial charge in [0, 0.05) is 6.42 Å². The Morgan fingerprint density at radius 1 is 1.86 bits per heavy atom. The fourth-order valence-electron chi connectivity index (χ4n) is 0.516. The van der Waals surface area contributed by atoms with Gasteiger partial charge < -0.3 is 5.43 Å². The Hall–Kier alpha value is -0.570. The molecule has 0 unspecified atom stereocenters. The van der Waals surface area contributed by atoms with E-state index in [0.29, 0.717) is 0 Å². The zero-order chi connectivity index (χ0) is 5.11. The largest absolute Gasteiger partial charge is 0.308 e. The Bertz CT molecular complexity index is 86.9. The Labute approximate surface area is 42.8 Å². The van der Waals surface area contributed by atoms with E-state index in [9.17, 15) is 0 Å². The van der Waals surface area contributed by atoms with Crippen LogP contribution in [0.3, 0.4) is 0 Å². The maximum Gasteiger partial charge on any atom is 0.112 e. The number of hydrogen-bond donors (Lipinski definition) is 2. The van der Waals surface area contributed by atoms with Crippen LogP contribution in [0.15, 0.2) is 4.99 Å². The Morgan fingerprint density at radius 2 is 2.71 bits per heavy atom. The van der Waals surface area contributed by atoms with Crippen molar-refractivity contribution >= 4 is 5.84 Å². The normalized spacial score (nSPS) is 18.7. The van der Waals surface area contributed by atoms with Crippen LogP contribution in [-0.4, -0.2) is 12.5 Å². The summed E-state index contributed by atoms with van der Waals surface area (Å²) in [5.41, 5.74) is 5.78. The minimum absolute atomic E-state index is 0.725. The molecule has 0 fully saturated rings. The van der Waals surface area contributed by atoms with Gasteiger partial charge in [0.15, 0.2) is 0 Å². The summed E-state index contributed by atoms with van der Waals surface area (Å²) in [5.74, 6) is 1.06. The van der Waals surface area contributed by atoms with Crippen LogP contribution in [0, 0.1) is 0 Å². The first-order chi connectivity index (χ1) is 3.43. The van der Waals surface area contributed by atoms with Crippen LogP contribution in [0.4, 0.5) is 0 Å². The minimum Gasteiger partial charge on any atom is -0.308 e. The first kappa shape index (κ1) is 4.59. The quantitative estimate of drug-likeness (QED) is 0.480. The van der Waals surface area contributed by atoms with Crippen molar-refractivity contribution in [3.8, 4) is 0 Å². The maximum atomic E-state index is 4.05. The molecule has 0 aromatic carbocycles. The molecule has 3 heteroatoms. The lowest BCUT2D eigenvalue weighted by Gasteiger charge is -1.92. The number of hydrogen-bond acceptors (Lipinski definition) is 3. The van der Waals surface area contributed by atoms with Gasteiger partial charge >= 0.3 is 0 Å². The van der Waals surface area contributed by atoms with Gasteiger partial charge in [0.25, 0.3) is 0 Å². The highest BCUT2D eigenvalue weighted by Gasteiger charge is 1.97. The van der Waals surface area contributed by atoms with Crippen LogP contribution >= 0.6 is 0 Å². The van der Waals surface area contributed by atoms with Crippen molar-refractivity contribution < 1.29 is 0 Å². The van der Waals surface area contributed by atoms with Gasteiger partial charge in [-0.25, -0.2) is 5.43 Å². The van der Waals surface area contributed by atoms with Crippen molar-refractivity contribution in [2.24, 2.45) is 4.99 Å². The highest BCUT2D eigenvalue weighted by Crippen LogP contribution is 1.83. The first-order valence-corrected chi connectivity index (χ1v) is 2.45. The molecular formula is C4H9N3. The molecule has 0 aliphatic carbocycles. The number of aliphatic imine (C=N–C) groups is 1. The molecule has 3 nitrogen and oxygen atoms in total. The smallest absolute Gasteiger partial charge is 0.112 e. The van der Waals surface area contributed by atoms with Gasteiger partial charge in [-0.1, -0.05) is 6.92 Å². The van der Waals surface area contributed by atoms with Crippen molar-refractivity contribution in [2.45, 2.75) is 13.3 Å². The second kappa shape index (κ2) is 1.93. The summed E-state index contributed by atoms with van der Waals surface area (Å²) < 4.78 is 0. The molecule has 0 spiro atoms. The van der Waals surface area contributed by atoms with Crippen LogP contribution in [0.2, 0.25) is 0 Å². The van der Waals surface area contributed by atoms with Gasteiger partial charge in [0.1, 0.15) is 12.5 Å². The summed E-state index contributed by atoms with van der Waals surface area (Å²) in [6.07, 6.45) is 0.993. The van der Waals surface area contributed by atoms with E-state index >= 15 is 0 Å². The number of hydrazine groups is 1. The monoisotopic (exact) mass is 99.1 g/mol. The predicted molar refractivity (Wildman–Crippen MR) is 28.9 cm³/mol. The molecule has 0 amide bonds. The molecule has 0 aromatic rings. The van der Waals surface area contributed by atoms with Gasteiger partial charge in [0.05, 0.1) is 0 Å². The third-order valence-electron chi connectivity index (χ3n) is 0.917. The average molecular weight is 99.1 g/mol. The summed E-state index contributed by atoms with van der Waals surface area (Å²) in [5, 5.41) is 0. The lowest BCUT2D eigenvalue weighted by molar-refractivity contribution is 0.723. The van der Waals surface area contributed by atoms with Gasteiger partial charge in [0.2, 0.25) is 0 Å². The van der Waals surface area contributed by atoms with Crippen LogP contribution in [0.1, 0.15) is 13.3 Å². The maximum absolute atomic E-state index is 4.05. The minimum atomic E-state index is 0.725. The van der Waals surface area contributed by atoms with Gasteiger partial charge in [-0.3, -0.25) is 4.99 Å². The molecule has 1 aliphatic heterocycles. The van der Waals surface area contributed by atoms with Crippen LogP contribution in [0.25, 0.3) is 0 Å². The summed E-state index contributed by atoms with van der Waals surface area (Å²) in [6.45, 7) is 2.79. The summed E-state index contributed by atoms with van der Waals surface area (Å²) in [6, 6.07) is 0. The second-order valence-corrected chi connectivity index (χ2v) is 1.42. The zero-order valence-corrected chi connectivity index (χ0v) is 4.36. The Kier molecular flexibility index (Phi) is 1.26. The van der Waals surface area contributed by atoms with Crippen molar-refractivity contribution in [2.75, 3.05) is 6.67 Å². The van der Waals surface area contributed by atoms with Gasteiger partial charge in [-0.05, 0) is 0 Å². The fourth-order valence-corrected chi connectivity index (χ4v) is 0.516. The molecule has 2 N–H and O–H groups in total. The van der Waals surface area contributed by atoms with Crippen molar-refractivity contribution in [3.63, 3.8) is 0 Å². The van der Waals surface area contributed by atoms with E-state index < -0.39 is 0 Å². The topological polar surface area (TPSA) is 36.4 Å². The van der Waals surface area contributed by atoms with Crippen molar-refractivity contribution in [1.82, 2.24) is 10.9 Å². The molecule has 40 valence electrons. The molecule has 1 rings (SSSR count). The summed E-state index contributed by atoms with van der Waals surface area (Å²) >= 11 is 0. The molecule has 0 saturated heterocycles. The first-order valence-electron chi connectivity index (χ1n) is 2.45. The van der Waals surface area contributed by atoms with Crippen LogP contribution in [0.5, 0.6) is 0 Å². The molecular weight excluding hydrogens is 90.1 g/mol. The van der Waals surface area contributed by atoms with Gasteiger partial charge in [-0.2, -0.15) is 0 Å².